The fourth-order valence-corrected chi connectivity index (χ4v) is 5.77. The van der Waals surface area contributed by atoms with Gasteiger partial charge in [0.2, 0.25) is 10.0 Å². The van der Waals surface area contributed by atoms with Crippen molar-refractivity contribution in [1.82, 2.24) is 5.32 Å². The van der Waals surface area contributed by atoms with Crippen LogP contribution in [-0.2, 0) is 15.8 Å². The molecule has 0 unspecified atom stereocenters. The average molecular weight is 601 g/mol. The van der Waals surface area contributed by atoms with E-state index in [1.54, 1.807) is 30.3 Å². The number of carbonyl (C=O) groups excluding carboxylic acids is 1. The Hall–Kier alpha value is -3.78. The lowest BCUT2D eigenvalue weighted by Gasteiger charge is -2.31. The molecule has 1 fully saturated rings. The summed E-state index contributed by atoms with van der Waals surface area (Å²) in [6, 6.07) is 10.6. The Morgan fingerprint density at radius 1 is 0.950 bits per heavy atom. The minimum absolute atomic E-state index is 0.0781. The van der Waals surface area contributed by atoms with E-state index in [4.69, 9.17) is 11.6 Å². The largest absolute Gasteiger partial charge is 0.573 e. The van der Waals surface area contributed by atoms with Gasteiger partial charge in [-0.15, -0.1) is 13.2 Å². The summed E-state index contributed by atoms with van der Waals surface area (Å²) in [5.41, 5.74) is -1.40. The van der Waals surface area contributed by atoms with E-state index in [2.05, 4.69) is 25.4 Å². The van der Waals surface area contributed by atoms with Crippen LogP contribution in [0.1, 0.15) is 31.2 Å². The van der Waals surface area contributed by atoms with Crippen LogP contribution < -0.4 is 36.3 Å². The molecular formula is C25H24ClF3N4O6S. The average Bonchev–Trinajstić information content (AvgIpc) is 2.88. The normalized spacial score (nSPS) is 17.7. The zero-order chi connectivity index (χ0) is 29.1. The standard InChI is InChI=1S/C25H24ClF3N4O6S/c26-18-12-17(10-11-19(18)39-25(27,28)29)32-24(36)31-16-8-6-15(7-9-16)30-20-21(23(35)22(20)34)33-40(37,38)13-14-4-2-1-3-5-14/h1-5,10-12,15-16,30,33H,6-9,13H2,(H2,31,32,36). The van der Waals surface area contributed by atoms with Crippen molar-refractivity contribution in [2.24, 2.45) is 0 Å². The van der Waals surface area contributed by atoms with Crippen molar-refractivity contribution in [1.29, 1.82) is 0 Å². The van der Waals surface area contributed by atoms with E-state index in [0.29, 0.717) is 31.2 Å². The molecule has 15 heteroatoms. The summed E-state index contributed by atoms with van der Waals surface area (Å²) in [5, 5.41) is 7.89. The molecule has 10 nitrogen and oxygen atoms in total. The SMILES string of the molecule is O=C(Nc1ccc(OC(F)(F)F)c(Cl)c1)NC1CCC(Nc2c(NS(=O)(=O)Cc3ccccc3)c(=O)c2=O)CC1. The Morgan fingerprint density at radius 2 is 1.57 bits per heavy atom. The van der Waals surface area contributed by atoms with E-state index < -0.39 is 39.0 Å². The zero-order valence-electron chi connectivity index (χ0n) is 20.7. The van der Waals surface area contributed by atoms with Gasteiger partial charge in [-0.25, -0.2) is 13.2 Å². The van der Waals surface area contributed by atoms with Crippen LogP contribution in [0.5, 0.6) is 5.75 Å². The van der Waals surface area contributed by atoms with E-state index in [1.807, 2.05) is 0 Å². The number of hydrogen-bond acceptors (Lipinski definition) is 7. The molecule has 0 aromatic heterocycles. The second-order valence-electron chi connectivity index (χ2n) is 9.24. The lowest BCUT2D eigenvalue weighted by atomic mass is 9.91. The smallest absolute Gasteiger partial charge is 0.404 e. The monoisotopic (exact) mass is 600 g/mol. The van der Waals surface area contributed by atoms with Gasteiger partial charge in [0.05, 0.1) is 10.8 Å². The molecule has 0 atom stereocenters. The van der Waals surface area contributed by atoms with Gasteiger partial charge in [0.15, 0.2) is 0 Å². The van der Waals surface area contributed by atoms with Crippen molar-refractivity contribution in [3.63, 3.8) is 0 Å². The van der Waals surface area contributed by atoms with Gasteiger partial charge in [-0.3, -0.25) is 14.3 Å². The molecule has 40 heavy (non-hydrogen) atoms. The molecule has 1 saturated carbocycles. The molecule has 0 heterocycles. The predicted octanol–water partition coefficient (Wildman–Crippen LogP) is 4.32. The van der Waals surface area contributed by atoms with Gasteiger partial charge in [0, 0.05) is 17.8 Å². The minimum atomic E-state index is -4.90. The van der Waals surface area contributed by atoms with Gasteiger partial charge in [-0.2, -0.15) is 0 Å². The van der Waals surface area contributed by atoms with E-state index in [1.165, 1.54) is 6.07 Å². The summed E-state index contributed by atoms with van der Waals surface area (Å²) in [7, 11) is -3.93. The highest BCUT2D eigenvalue weighted by Crippen LogP contribution is 2.32. The molecule has 214 valence electrons. The summed E-state index contributed by atoms with van der Waals surface area (Å²) in [4.78, 5) is 36.6. The Morgan fingerprint density at radius 3 is 2.20 bits per heavy atom. The Balaban J connectivity index is 1.27. The quantitative estimate of drug-likeness (QED) is 0.268. The van der Waals surface area contributed by atoms with Gasteiger partial charge >= 0.3 is 12.4 Å². The number of benzene rings is 2. The second-order valence-corrected chi connectivity index (χ2v) is 11.4. The summed E-state index contributed by atoms with van der Waals surface area (Å²) >= 11 is 5.80. The molecule has 2 amide bonds. The first-order valence-corrected chi connectivity index (χ1v) is 14.1. The van der Waals surface area contributed by atoms with Crippen LogP contribution in [-0.4, -0.2) is 32.9 Å². The maximum absolute atomic E-state index is 12.5. The number of nitrogens with one attached hydrogen (secondary N) is 4. The van der Waals surface area contributed by atoms with Crippen LogP contribution in [0.3, 0.4) is 0 Å². The molecule has 0 spiro atoms. The van der Waals surface area contributed by atoms with Crippen LogP contribution in [0.15, 0.2) is 58.1 Å². The molecular weight excluding hydrogens is 577 g/mol. The highest BCUT2D eigenvalue weighted by Gasteiger charge is 2.32. The maximum Gasteiger partial charge on any atom is 0.573 e. The number of rotatable bonds is 9. The van der Waals surface area contributed by atoms with E-state index in [-0.39, 0.29) is 39.9 Å². The van der Waals surface area contributed by atoms with Crippen molar-refractivity contribution in [3.05, 3.63) is 79.6 Å². The number of ether oxygens (including phenoxy) is 1. The third-order valence-electron chi connectivity index (χ3n) is 6.19. The molecule has 3 aromatic carbocycles. The van der Waals surface area contributed by atoms with Crippen molar-refractivity contribution < 1.29 is 31.1 Å². The number of urea groups is 1. The predicted molar refractivity (Wildman–Crippen MR) is 144 cm³/mol. The first-order valence-electron chi connectivity index (χ1n) is 12.1. The lowest BCUT2D eigenvalue weighted by molar-refractivity contribution is -0.274. The van der Waals surface area contributed by atoms with Crippen LogP contribution in [0.2, 0.25) is 5.02 Å². The molecule has 0 radical (unpaired) electrons. The Bertz CT molecular complexity index is 1550. The third-order valence-corrected chi connectivity index (χ3v) is 7.72. The van der Waals surface area contributed by atoms with Crippen LogP contribution in [0.25, 0.3) is 0 Å². The Kier molecular flexibility index (Phi) is 8.59. The van der Waals surface area contributed by atoms with E-state index in [9.17, 15) is 36.0 Å². The van der Waals surface area contributed by atoms with E-state index >= 15 is 0 Å². The molecule has 1 aliphatic carbocycles. The lowest BCUT2D eigenvalue weighted by Crippen LogP contribution is -2.44. The summed E-state index contributed by atoms with van der Waals surface area (Å²) in [6.45, 7) is 0. The molecule has 1 aliphatic rings. The summed E-state index contributed by atoms with van der Waals surface area (Å²) in [5.74, 6) is -0.956. The van der Waals surface area contributed by atoms with Gasteiger partial charge < -0.3 is 20.7 Å². The third kappa shape index (κ3) is 7.66. The maximum atomic E-state index is 12.5. The van der Waals surface area contributed by atoms with Crippen LogP contribution in [0, 0.1) is 0 Å². The molecule has 0 aliphatic heterocycles. The van der Waals surface area contributed by atoms with Gasteiger partial charge in [0.1, 0.15) is 17.1 Å². The van der Waals surface area contributed by atoms with Crippen LogP contribution in [0.4, 0.5) is 35.0 Å². The first kappa shape index (κ1) is 29.2. The molecule has 0 saturated heterocycles. The minimum Gasteiger partial charge on any atom is -0.404 e. The number of anilines is 3. The molecule has 3 aromatic rings. The van der Waals surface area contributed by atoms with Gasteiger partial charge in [-0.05, 0) is 49.4 Å². The zero-order valence-corrected chi connectivity index (χ0v) is 22.3. The number of hydrogen-bond donors (Lipinski definition) is 4. The summed E-state index contributed by atoms with van der Waals surface area (Å²) in [6.07, 6.45) is -2.87. The van der Waals surface area contributed by atoms with Crippen molar-refractivity contribution in [3.8, 4) is 5.75 Å². The van der Waals surface area contributed by atoms with Crippen molar-refractivity contribution in [2.45, 2.75) is 49.9 Å². The molecule has 0 bridgehead atoms. The van der Waals surface area contributed by atoms with Gasteiger partial charge in [0.25, 0.3) is 10.9 Å². The molecule has 4 N–H and O–H groups in total. The second kappa shape index (κ2) is 11.8. The van der Waals surface area contributed by atoms with Crippen molar-refractivity contribution >= 4 is 44.7 Å². The number of sulfonamides is 1. The topological polar surface area (TPSA) is 143 Å². The number of amides is 2. The number of alkyl halides is 3. The number of carbonyl (C=O) groups is 1. The highest BCUT2D eigenvalue weighted by atomic mass is 35.5. The fraction of sp³-hybridized carbons (Fsp3) is 0.320. The van der Waals surface area contributed by atoms with Crippen molar-refractivity contribution in [2.75, 3.05) is 15.4 Å². The summed E-state index contributed by atoms with van der Waals surface area (Å²) < 4.78 is 68.2. The number of halogens is 4. The highest BCUT2D eigenvalue weighted by molar-refractivity contribution is 7.91. The molecule has 4 rings (SSSR count). The van der Waals surface area contributed by atoms with E-state index in [0.717, 1.165) is 12.1 Å². The Labute approximate surface area is 231 Å². The van der Waals surface area contributed by atoms with Crippen LogP contribution >= 0.6 is 11.6 Å². The fourth-order valence-electron chi connectivity index (χ4n) is 4.34. The van der Waals surface area contributed by atoms with Gasteiger partial charge in [-0.1, -0.05) is 41.9 Å². The first-order chi connectivity index (χ1) is 18.8.